The van der Waals surface area contributed by atoms with Crippen LogP contribution in [0.1, 0.15) is 33.1 Å². The number of carbonyl (C=O) groups is 1. The van der Waals surface area contributed by atoms with Gasteiger partial charge in [-0.15, -0.1) is 0 Å². The van der Waals surface area contributed by atoms with Crippen molar-refractivity contribution in [3.8, 4) is 5.75 Å². The second-order valence-electron chi connectivity index (χ2n) is 5.83. The van der Waals surface area contributed by atoms with Gasteiger partial charge in [-0.3, -0.25) is 10.2 Å². The molecular weight excluding hydrogens is 280 g/mol. The van der Waals surface area contributed by atoms with Crippen molar-refractivity contribution in [2.45, 2.75) is 39.2 Å². The van der Waals surface area contributed by atoms with Crippen LogP contribution in [0.3, 0.4) is 0 Å². The number of piperidine rings is 1. The summed E-state index contributed by atoms with van der Waals surface area (Å²) in [5.74, 6) is 0.658. The van der Waals surface area contributed by atoms with Crippen LogP contribution < -0.4 is 10.1 Å². The van der Waals surface area contributed by atoms with Crippen LogP contribution in [0.5, 0.6) is 5.75 Å². The number of likely N-dealkylation sites (tertiary alicyclic amines) is 1. The lowest BCUT2D eigenvalue weighted by molar-refractivity contribution is 0.131. The van der Waals surface area contributed by atoms with Gasteiger partial charge >= 0.3 is 6.09 Å². The van der Waals surface area contributed by atoms with Gasteiger partial charge in [0.1, 0.15) is 12.4 Å². The highest BCUT2D eigenvalue weighted by atomic mass is 16.5. The van der Waals surface area contributed by atoms with Crippen molar-refractivity contribution in [1.82, 2.24) is 4.90 Å². The summed E-state index contributed by atoms with van der Waals surface area (Å²) in [5, 5.41) is 2.75. The van der Waals surface area contributed by atoms with Crippen LogP contribution in [-0.2, 0) is 4.74 Å². The van der Waals surface area contributed by atoms with Crippen LogP contribution in [0.2, 0.25) is 0 Å². The van der Waals surface area contributed by atoms with E-state index in [-0.39, 0.29) is 6.10 Å². The number of amides is 1. The maximum absolute atomic E-state index is 11.9. The van der Waals surface area contributed by atoms with Gasteiger partial charge in [0, 0.05) is 6.54 Å². The van der Waals surface area contributed by atoms with Crippen molar-refractivity contribution < 1.29 is 14.3 Å². The Kier molecular flexibility index (Phi) is 6.52. The summed E-state index contributed by atoms with van der Waals surface area (Å²) >= 11 is 0. The zero-order valence-electron chi connectivity index (χ0n) is 13.5. The fourth-order valence-electron chi connectivity index (χ4n) is 2.52. The molecule has 22 heavy (non-hydrogen) atoms. The molecule has 0 radical (unpaired) electrons. The molecule has 0 unspecified atom stereocenters. The van der Waals surface area contributed by atoms with E-state index in [0.29, 0.717) is 18.0 Å². The molecule has 0 bridgehead atoms. The smallest absolute Gasteiger partial charge is 0.411 e. The summed E-state index contributed by atoms with van der Waals surface area (Å²) in [6, 6.07) is 7.38. The number of benzene rings is 1. The molecule has 0 saturated carbocycles. The van der Waals surface area contributed by atoms with Crippen molar-refractivity contribution in [3.63, 3.8) is 0 Å². The second kappa shape index (κ2) is 8.63. The molecule has 0 aliphatic carbocycles. The van der Waals surface area contributed by atoms with E-state index in [2.05, 4.69) is 10.2 Å². The summed E-state index contributed by atoms with van der Waals surface area (Å²) in [4.78, 5) is 14.2. The quantitative estimate of drug-likeness (QED) is 0.874. The number of anilines is 1. The van der Waals surface area contributed by atoms with E-state index >= 15 is 0 Å². The van der Waals surface area contributed by atoms with Gasteiger partial charge in [-0.1, -0.05) is 18.6 Å². The number of nitrogens with zero attached hydrogens (tertiary/aromatic N) is 1. The molecule has 1 N–H and O–H groups in total. The monoisotopic (exact) mass is 306 g/mol. The topological polar surface area (TPSA) is 50.8 Å². The Morgan fingerprint density at radius 1 is 1.23 bits per heavy atom. The summed E-state index contributed by atoms with van der Waals surface area (Å²) in [6.07, 6.45) is 3.41. The van der Waals surface area contributed by atoms with E-state index in [0.717, 1.165) is 19.6 Å². The second-order valence-corrected chi connectivity index (χ2v) is 5.83. The van der Waals surface area contributed by atoms with E-state index in [1.54, 1.807) is 0 Å². The molecule has 1 aromatic rings. The molecule has 5 nitrogen and oxygen atoms in total. The van der Waals surface area contributed by atoms with Crippen molar-refractivity contribution in [2.24, 2.45) is 0 Å². The molecule has 122 valence electrons. The van der Waals surface area contributed by atoms with E-state index in [4.69, 9.17) is 9.47 Å². The SMILES string of the molecule is CC(C)Oc1ccccc1NC(=O)OCCN1CCCCC1. The molecule has 5 heteroatoms. The first kappa shape index (κ1) is 16.6. The van der Waals surface area contributed by atoms with E-state index in [1.165, 1.54) is 19.3 Å². The highest BCUT2D eigenvalue weighted by Crippen LogP contribution is 2.24. The third kappa shape index (κ3) is 5.56. The molecule has 0 aromatic heterocycles. The summed E-state index contributed by atoms with van der Waals surface area (Å²) in [6.45, 7) is 7.34. The van der Waals surface area contributed by atoms with E-state index < -0.39 is 6.09 Å². The Morgan fingerprint density at radius 2 is 1.95 bits per heavy atom. The van der Waals surface area contributed by atoms with Gasteiger partial charge in [0.15, 0.2) is 0 Å². The first-order valence-corrected chi connectivity index (χ1v) is 8.07. The number of hydrogen-bond acceptors (Lipinski definition) is 4. The van der Waals surface area contributed by atoms with Crippen LogP contribution in [0, 0.1) is 0 Å². The minimum atomic E-state index is -0.434. The maximum atomic E-state index is 11.9. The number of carbonyl (C=O) groups excluding carboxylic acids is 1. The molecule has 0 spiro atoms. The lowest BCUT2D eigenvalue weighted by atomic mass is 10.1. The fraction of sp³-hybridized carbons (Fsp3) is 0.588. The Labute approximate surface area is 132 Å². The van der Waals surface area contributed by atoms with E-state index in [1.807, 2.05) is 38.1 Å². The number of nitrogens with one attached hydrogen (secondary N) is 1. The van der Waals surface area contributed by atoms with Crippen molar-refractivity contribution in [1.29, 1.82) is 0 Å². The minimum Gasteiger partial charge on any atom is -0.489 e. The summed E-state index contributed by atoms with van der Waals surface area (Å²) in [5.41, 5.74) is 0.638. The summed E-state index contributed by atoms with van der Waals surface area (Å²) in [7, 11) is 0. The average Bonchev–Trinajstić information content (AvgIpc) is 2.50. The molecule has 0 atom stereocenters. The highest BCUT2D eigenvalue weighted by Gasteiger charge is 2.12. The molecule has 1 heterocycles. The maximum Gasteiger partial charge on any atom is 0.411 e. The summed E-state index contributed by atoms with van der Waals surface area (Å²) < 4.78 is 10.9. The van der Waals surface area contributed by atoms with Crippen molar-refractivity contribution in [3.05, 3.63) is 24.3 Å². The molecule has 2 rings (SSSR count). The fourth-order valence-corrected chi connectivity index (χ4v) is 2.52. The lowest BCUT2D eigenvalue weighted by Crippen LogP contribution is -2.33. The zero-order valence-corrected chi connectivity index (χ0v) is 13.5. The molecule has 1 amide bonds. The molecular formula is C17H26N2O3. The Bertz CT molecular complexity index is 471. The molecule has 1 saturated heterocycles. The average molecular weight is 306 g/mol. The van der Waals surface area contributed by atoms with Crippen LogP contribution in [-0.4, -0.2) is 43.3 Å². The van der Waals surface area contributed by atoms with Gasteiger partial charge in [-0.2, -0.15) is 0 Å². The third-order valence-electron chi connectivity index (χ3n) is 3.58. The molecule has 1 aliphatic heterocycles. The number of ether oxygens (including phenoxy) is 2. The first-order chi connectivity index (χ1) is 10.6. The van der Waals surface area contributed by atoms with Gasteiger partial charge in [-0.05, 0) is 51.9 Å². The predicted octanol–water partition coefficient (Wildman–Crippen LogP) is 3.51. The van der Waals surface area contributed by atoms with Crippen LogP contribution >= 0.6 is 0 Å². The van der Waals surface area contributed by atoms with Crippen LogP contribution in [0.25, 0.3) is 0 Å². The number of rotatable bonds is 6. The van der Waals surface area contributed by atoms with Gasteiger partial charge in [-0.25, -0.2) is 4.79 Å². The molecule has 1 fully saturated rings. The van der Waals surface area contributed by atoms with Gasteiger partial charge in [0.05, 0.1) is 11.8 Å². The lowest BCUT2D eigenvalue weighted by Gasteiger charge is -2.25. The molecule has 1 aliphatic rings. The van der Waals surface area contributed by atoms with Crippen molar-refractivity contribution in [2.75, 3.05) is 31.6 Å². The highest BCUT2D eigenvalue weighted by molar-refractivity contribution is 5.86. The van der Waals surface area contributed by atoms with Gasteiger partial charge in [0.25, 0.3) is 0 Å². The number of hydrogen-bond donors (Lipinski definition) is 1. The van der Waals surface area contributed by atoms with E-state index in [9.17, 15) is 4.79 Å². The third-order valence-corrected chi connectivity index (χ3v) is 3.58. The normalized spacial score (nSPS) is 15.6. The standard InChI is InChI=1S/C17H26N2O3/c1-14(2)22-16-9-5-4-8-15(16)18-17(20)21-13-12-19-10-6-3-7-11-19/h4-5,8-9,14H,3,6-7,10-13H2,1-2H3,(H,18,20). The number of para-hydroxylation sites is 2. The van der Waals surface area contributed by atoms with Crippen LogP contribution in [0.4, 0.5) is 10.5 Å². The Balaban J connectivity index is 1.76. The van der Waals surface area contributed by atoms with Gasteiger partial charge < -0.3 is 9.47 Å². The zero-order chi connectivity index (χ0) is 15.8. The van der Waals surface area contributed by atoms with Crippen LogP contribution in [0.15, 0.2) is 24.3 Å². The largest absolute Gasteiger partial charge is 0.489 e. The molecule has 1 aromatic carbocycles. The minimum absolute atomic E-state index is 0.0538. The Hall–Kier alpha value is -1.75. The van der Waals surface area contributed by atoms with Crippen molar-refractivity contribution >= 4 is 11.8 Å². The first-order valence-electron chi connectivity index (χ1n) is 8.07. The van der Waals surface area contributed by atoms with Gasteiger partial charge in [0.2, 0.25) is 0 Å². The predicted molar refractivity (Wildman–Crippen MR) is 87.5 cm³/mol. The Morgan fingerprint density at radius 3 is 2.68 bits per heavy atom.